The van der Waals surface area contributed by atoms with Gasteiger partial charge >= 0.3 is 5.76 Å². The molecule has 0 radical (unpaired) electrons. The molecule has 0 spiro atoms. The number of aromatic nitrogens is 3. The third kappa shape index (κ3) is 3.24. The Morgan fingerprint density at radius 3 is 2.96 bits per heavy atom. The maximum absolute atomic E-state index is 12.2. The van der Waals surface area contributed by atoms with Crippen molar-refractivity contribution in [1.82, 2.24) is 24.3 Å². The van der Waals surface area contributed by atoms with Crippen LogP contribution in [0.4, 0.5) is 0 Å². The van der Waals surface area contributed by atoms with Crippen molar-refractivity contribution < 1.29 is 9.21 Å². The monoisotopic (exact) mass is 383 g/mol. The zero-order valence-electron chi connectivity index (χ0n) is 16.2. The number of oxazole rings is 1. The Bertz CT molecular complexity index is 1050. The third-order valence-electron chi connectivity index (χ3n) is 5.61. The van der Waals surface area contributed by atoms with E-state index in [9.17, 15) is 9.59 Å². The molecule has 8 nitrogen and oxygen atoms in total. The average molecular weight is 383 g/mol. The highest BCUT2D eigenvalue weighted by Crippen LogP contribution is 2.31. The number of nitrogens with one attached hydrogen (secondary N) is 1. The Balaban J connectivity index is 1.56. The number of pyridine rings is 1. The van der Waals surface area contributed by atoms with Gasteiger partial charge in [0.05, 0.1) is 6.04 Å². The van der Waals surface area contributed by atoms with Gasteiger partial charge in [-0.1, -0.05) is 6.42 Å². The number of amides is 1. The number of fused-ring (bicyclic) bond motifs is 1. The molecule has 4 heterocycles. The molecule has 28 heavy (non-hydrogen) atoms. The zero-order chi connectivity index (χ0) is 19.7. The van der Waals surface area contributed by atoms with Gasteiger partial charge in [0.2, 0.25) is 0 Å². The summed E-state index contributed by atoms with van der Waals surface area (Å²) in [5, 5.41) is 2.69. The maximum Gasteiger partial charge on any atom is 0.421 e. The van der Waals surface area contributed by atoms with Crippen molar-refractivity contribution in [3.05, 3.63) is 52.4 Å². The van der Waals surface area contributed by atoms with Gasteiger partial charge in [-0.15, -0.1) is 0 Å². The highest BCUT2D eigenvalue weighted by Gasteiger charge is 2.27. The predicted molar refractivity (Wildman–Crippen MR) is 105 cm³/mol. The van der Waals surface area contributed by atoms with Gasteiger partial charge in [-0.3, -0.25) is 14.3 Å². The third-order valence-corrected chi connectivity index (χ3v) is 5.61. The molecule has 3 aromatic rings. The SMILES string of the molecule is CNC(=O)c1ccc([C@@H]2CCCCN2CCn2c(=O)oc3cccnc32)n1C. The van der Waals surface area contributed by atoms with Crippen molar-refractivity contribution >= 4 is 17.1 Å². The summed E-state index contributed by atoms with van der Waals surface area (Å²) in [5.74, 6) is -0.457. The Morgan fingerprint density at radius 1 is 1.29 bits per heavy atom. The molecule has 1 atom stereocenters. The van der Waals surface area contributed by atoms with E-state index < -0.39 is 0 Å². The molecule has 3 aromatic heterocycles. The lowest BCUT2D eigenvalue weighted by Crippen LogP contribution is -2.37. The van der Waals surface area contributed by atoms with Gasteiger partial charge in [0, 0.05) is 39.1 Å². The number of piperidine rings is 1. The minimum absolute atomic E-state index is 0.0846. The van der Waals surface area contributed by atoms with Crippen molar-refractivity contribution in [2.75, 3.05) is 20.1 Å². The van der Waals surface area contributed by atoms with Gasteiger partial charge < -0.3 is 14.3 Å². The molecular formula is C20H25N5O3. The van der Waals surface area contributed by atoms with Crippen LogP contribution in [0.2, 0.25) is 0 Å². The summed E-state index contributed by atoms with van der Waals surface area (Å²) < 4.78 is 8.86. The summed E-state index contributed by atoms with van der Waals surface area (Å²) in [5.41, 5.74) is 2.88. The van der Waals surface area contributed by atoms with E-state index in [0.717, 1.165) is 38.0 Å². The topological polar surface area (TPSA) is 85.3 Å². The van der Waals surface area contributed by atoms with Crippen LogP contribution < -0.4 is 11.1 Å². The van der Waals surface area contributed by atoms with Crippen LogP contribution >= 0.6 is 0 Å². The van der Waals surface area contributed by atoms with E-state index in [2.05, 4.69) is 15.2 Å². The number of likely N-dealkylation sites (tertiary alicyclic amines) is 1. The predicted octanol–water partition coefficient (Wildman–Crippen LogP) is 1.91. The molecule has 0 aromatic carbocycles. The fourth-order valence-electron chi connectivity index (χ4n) is 4.14. The number of hydrogen-bond donors (Lipinski definition) is 1. The number of carbonyl (C=O) groups excluding carboxylic acids is 1. The van der Waals surface area contributed by atoms with Gasteiger partial charge in [-0.25, -0.2) is 9.78 Å². The van der Waals surface area contributed by atoms with Crippen LogP contribution in [0, 0.1) is 0 Å². The maximum atomic E-state index is 12.2. The first-order valence-corrected chi connectivity index (χ1v) is 9.66. The molecule has 1 N–H and O–H groups in total. The molecule has 4 rings (SSSR count). The summed E-state index contributed by atoms with van der Waals surface area (Å²) in [7, 11) is 3.58. The average Bonchev–Trinajstić information content (AvgIpc) is 3.25. The molecule has 0 bridgehead atoms. The first-order chi connectivity index (χ1) is 13.6. The van der Waals surface area contributed by atoms with Gasteiger partial charge in [0.1, 0.15) is 5.69 Å². The molecule has 8 heteroatoms. The van der Waals surface area contributed by atoms with Gasteiger partial charge in [0.25, 0.3) is 5.91 Å². The minimum Gasteiger partial charge on any atom is -0.406 e. The van der Waals surface area contributed by atoms with E-state index in [1.807, 2.05) is 23.7 Å². The molecule has 1 fully saturated rings. The Hall–Kier alpha value is -2.87. The van der Waals surface area contributed by atoms with Crippen molar-refractivity contribution in [2.45, 2.75) is 31.8 Å². The number of rotatable bonds is 5. The van der Waals surface area contributed by atoms with E-state index in [4.69, 9.17) is 4.42 Å². The molecular weight excluding hydrogens is 358 g/mol. The summed E-state index contributed by atoms with van der Waals surface area (Å²) in [6.07, 6.45) is 4.98. The Kier molecular flexibility index (Phi) is 5.04. The van der Waals surface area contributed by atoms with Crippen LogP contribution in [-0.2, 0) is 13.6 Å². The molecule has 0 unspecified atom stereocenters. The number of hydrogen-bond acceptors (Lipinski definition) is 5. The highest BCUT2D eigenvalue weighted by molar-refractivity contribution is 5.92. The van der Waals surface area contributed by atoms with Crippen molar-refractivity contribution in [3.63, 3.8) is 0 Å². The summed E-state index contributed by atoms with van der Waals surface area (Å²) in [4.78, 5) is 31.0. The summed E-state index contributed by atoms with van der Waals surface area (Å²) in [6, 6.07) is 7.65. The second-order valence-corrected chi connectivity index (χ2v) is 7.17. The van der Waals surface area contributed by atoms with E-state index in [1.165, 1.54) is 0 Å². The largest absolute Gasteiger partial charge is 0.421 e. The standard InChI is InChI=1S/C20H25N5O3/c1-21-19(26)16-9-8-14(23(16)2)15-6-3-4-11-24(15)12-13-25-18-17(28-20(25)27)7-5-10-22-18/h5,7-10,15H,3-4,6,11-13H2,1-2H3,(H,21,26)/t15-/m0/s1. The lowest BCUT2D eigenvalue weighted by molar-refractivity contribution is 0.0952. The quantitative estimate of drug-likeness (QED) is 0.728. The lowest BCUT2D eigenvalue weighted by Gasteiger charge is -2.36. The fourth-order valence-corrected chi connectivity index (χ4v) is 4.14. The number of carbonyl (C=O) groups is 1. The Morgan fingerprint density at radius 2 is 2.14 bits per heavy atom. The second-order valence-electron chi connectivity index (χ2n) is 7.17. The van der Waals surface area contributed by atoms with Crippen molar-refractivity contribution in [3.8, 4) is 0 Å². The van der Waals surface area contributed by atoms with Crippen LogP contribution in [-0.4, -0.2) is 45.1 Å². The lowest BCUT2D eigenvalue weighted by atomic mass is 9.99. The zero-order valence-corrected chi connectivity index (χ0v) is 16.2. The van der Waals surface area contributed by atoms with Crippen molar-refractivity contribution in [2.24, 2.45) is 7.05 Å². The smallest absolute Gasteiger partial charge is 0.406 e. The van der Waals surface area contributed by atoms with E-state index >= 15 is 0 Å². The van der Waals surface area contributed by atoms with E-state index in [0.29, 0.717) is 23.5 Å². The van der Waals surface area contributed by atoms with E-state index in [-0.39, 0.29) is 17.7 Å². The van der Waals surface area contributed by atoms with Crippen LogP contribution in [0.15, 0.2) is 39.7 Å². The number of nitrogens with zero attached hydrogens (tertiary/aromatic N) is 4. The van der Waals surface area contributed by atoms with Crippen LogP contribution in [0.1, 0.15) is 41.5 Å². The minimum atomic E-state index is -0.372. The van der Waals surface area contributed by atoms with Gasteiger partial charge in [0.15, 0.2) is 11.2 Å². The first-order valence-electron chi connectivity index (χ1n) is 9.66. The van der Waals surface area contributed by atoms with E-state index in [1.54, 1.807) is 29.9 Å². The highest BCUT2D eigenvalue weighted by atomic mass is 16.4. The molecule has 0 saturated carbocycles. The normalized spacial score (nSPS) is 17.9. The summed E-state index contributed by atoms with van der Waals surface area (Å²) in [6.45, 7) is 2.20. The molecule has 1 aliphatic rings. The van der Waals surface area contributed by atoms with Gasteiger partial charge in [-0.2, -0.15) is 0 Å². The van der Waals surface area contributed by atoms with Crippen LogP contribution in [0.25, 0.3) is 11.2 Å². The summed E-state index contributed by atoms with van der Waals surface area (Å²) >= 11 is 0. The molecule has 0 aliphatic carbocycles. The van der Waals surface area contributed by atoms with Crippen molar-refractivity contribution in [1.29, 1.82) is 0 Å². The molecule has 1 amide bonds. The second kappa shape index (κ2) is 7.63. The van der Waals surface area contributed by atoms with Gasteiger partial charge in [-0.05, 0) is 43.7 Å². The Labute approximate surface area is 162 Å². The molecule has 148 valence electrons. The van der Waals surface area contributed by atoms with Crippen LogP contribution in [0.5, 0.6) is 0 Å². The molecule has 1 saturated heterocycles. The fraction of sp³-hybridized carbons (Fsp3) is 0.450. The van der Waals surface area contributed by atoms with Crippen LogP contribution in [0.3, 0.4) is 0 Å². The first kappa shape index (κ1) is 18.5. The molecule has 1 aliphatic heterocycles.